The van der Waals surface area contributed by atoms with Crippen LogP contribution < -0.4 is 10.1 Å². The van der Waals surface area contributed by atoms with Gasteiger partial charge in [0, 0.05) is 22.1 Å². The molecule has 0 radical (unpaired) electrons. The minimum absolute atomic E-state index is 0.0559. The van der Waals surface area contributed by atoms with Crippen LogP contribution in [0.5, 0.6) is 5.75 Å². The summed E-state index contributed by atoms with van der Waals surface area (Å²) in [6.45, 7) is 9.27. The number of hydrogen-bond acceptors (Lipinski definition) is 3. The quantitative estimate of drug-likeness (QED) is 0.859. The van der Waals surface area contributed by atoms with Crippen LogP contribution in [0.1, 0.15) is 51.2 Å². The van der Waals surface area contributed by atoms with Gasteiger partial charge in [0.1, 0.15) is 11.9 Å². The second-order valence-corrected chi connectivity index (χ2v) is 7.88. The SMILES string of the molecule is Cc1cc(Br)cc(CNC(C)(C)C)c1OC1CCCC1O. The fraction of sp³-hybridized carbons (Fsp3) is 0.647. The molecule has 2 N–H and O–H groups in total. The Labute approximate surface area is 136 Å². The van der Waals surface area contributed by atoms with Gasteiger partial charge in [0.05, 0.1) is 6.10 Å². The minimum Gasteiger partial charge on any atom is -0.487 e. The molecule has 21 heavy (non-hydrogen) atoms. The molecule has 2 unspecified atom stereocenters. The van der Waals surface area contributed by atoms with Crippen LogP contribution >= 0.6 is 15.9 Å². The number of benzene rings is 1. The van der Waals surface area contributed by atoms with Crippen molar-refractivity contribution in [1.82, 2.24) is 5.32 Å². The van der Waals surface area contributed by atoms with Crippen molar-refractivity contribution >= 4 is 15.9 Å². The highest BCUT2D eigenvalue weighted by atomic mass is 79.9. The molecular weight excluding hydrogens is 330 g/mol. The van der Waals surface area contributed by atoms with Crippen molar-refractivity contribution in [2.75, 3.05) is 0 Å². The summed E-state index contributed by atoms with van der Waals surface area (Å²) in [7, 11) is 0. The first-order valence-corrected chi connectivity index (χ1v) is 8.44. The number of nitrogens with one attached hydrogen (secondary N) is 1. The molecule has 118 valence electrons. The Balaban J connectivity index is 2.21. The Hall–Kier alpha value is -0.580. The highest BCUT2D eigenvalue weighted by molar-refractivity contribution is 9.10. The summed E-state index contributed by atoms with van der Waals surface area (Å²) in [4.78, 5) is 0. The lowest BCUT2D eigenvalue weighted by molar-refractivity contribution is 0.0592. The number of halogens is 1. The molecule has 1 aliphatic carbocycles. The Morgan fingerprint density at radius 3 is 2.62 bits per heavy atom. The maximum atomic E-state index is 10.00. The highest BCUT2D eigenvalue weighted by Crippen LogP contribution is 2.32. The van der Waals surface area contributed by atoms with Gasteiger partial charge in [-0.3, -0.25) is 0 Å². The standard InChI is InChI=1S/C17H26BrNO2/c1-11-8-13(18)9-12(10-19-17(2,3)4)16(11)21-15-7-5-6-14(15)20/h8-9,14-15,19-20H,5-7,10H2,1-4H3. The summed E-state index contributed by atoms with van der Waals surface area (Å²) in [5.74, 6) is 0.918. The molecule has 1 aliphatic rings. The zero-order valence-electron chi connectivity index (χ0n) is 13.4. The smallest absolute Gasteiger partial charge is 0.127 e. The van der Waals surface area contributed by atoms with Crippen LogP contribution in [0.4, 0.5) is 0 Å². The fourth-order valence-corrected chi connectivity index (χ4v) is 3.27. The molecular formula is C17H26BrNO2. The normalized spacial score (nSPS) is 22.6. The molecule has 4 heteroatoms. The first-order chi connectivity index (χ1) is 9.76. The number of aliphatic hydroxyl groups excluding tert-OH is 1. The molecule has 1 aromatic rings. The van der Waals surface area contributed by atoms with Crippen LogP contribution in [-0.4, -0.2) is 22.9 Å². The number of hydrogen-bond donors (Lipinski definition) is 2. The molecule has 0 saturated heterocycles. The van der Waals surface area contributed by atoms with E-state index in [-0.39, 0.29) is 17.7 Å². The first kappa shape index (κ1) is 16.8. The van der Waals surface area contributed by atoms with Gasteiger partial charge in [-0.1, -0.05) is 15.9 Å². The van der Waals surface area contributed by atoms with Gasteiger partial charge in [-0.05, 0) is 64.7 Å². The summed E-state index contributed by atoms with van der Waals surface area (Å²) in [6.07, 6.45) is 2.41. The van der Waals surface area contributed by atoms with Crippen molar-refractivity contribution in [1.29, 1.82) is 0 Å². The van der Waals surface area contributed by atoms with E-state index >= 15 is 0 Å². The molecule has 0 heterocycles. The summed E-state index contributed by atoms with van der Waals surface area (Å²) in [6, 6.07) is 4.17. The summed E-state index contributed by atoms with van der Waals surface area (Å²) in [5, 5.41) is 13.5. The molecule has 1 fully saturated rings. The third kappa shape index (κ3) is 4.70. The fourth-order valence-electron chi connectivity index (χ4n) is 2.65. The van der Waals surface area contributed by atoms with Gasteiger partial charge in [-0.25, -0.2) is 0 Å². The molecule has 0 bridgehead atoms. The van der Waals surface area contributed by atoms with E-state index in [4.69, 9.17) is 4.74 Å². The van der Waals surface area contributed by atoms with Crippen molar-refractivity contribution < 1.29 is 9.84 Å². The molecule has 1 saturated carbocycles. The molecule has 0 amide bonds. The second-order valence-electron chi connectivity index (χ2n) is 6.97. The lowest BCUT2D eigenvalue weighted by Gasteiger charge is -2.25. The lowest BCUT2D eigenvalue weighted by Crippen LogP contribution is -2.35. The molecule has 1 aromatic carbocycles. The van der Waals surface area contributed by atoms with Gasteiger partial charge < -0.3 is 15.2 Å². The Morgan fingerprint density at radius 2 is 2.05 bits per heavy atom. The molecule has 0 aliphatic heterocycles. The van der Waals surface area contributed by atoms with Crippen LogP contribution in [0.25, 0.3) is 0 Å². The largest absolute Gasteiger partial charge is 0.487 e. The van der Waals surface area contributed by atoms with Gasteiger partial charge in [0.15, 0.2) is 0 Å². The van der Waals surface area contributed by atoms with Crippen LogP contribution in [0.15, 0.2) is 16.6 Å². The average molecular weight is 356 g/mol. The number of aliphatic hydroxyl groups is 1. The van der Waals surface area contributed by atoms with Gasteiger partial charge in [0.2, 0.25) is 0 Å². The average Bonchev–Trinajstić information content (AvgIpc) is 2.75. The van der Waals surface area contributed by atoms with E-state index in [1.807, 2.05) is 0 Å². The van der Waals surface area contributed by atoms with E-state index in [0.29, 0.717) is 0 Å². The van der Waals surface area contributed by atoms with Gasteiger partial charge >= 0.3 is 0 Å². The van der Waals surface area contributed by atoms with E-state index in [0.717, 1.165) is 47.2 Å². The van der Waals surface area contributed by atoms with Crippen molar-refractivity contribution in [2.45, 2.75) is 71.2 Å². The van der Waals surface area contributed by atoms with Crippen LogP contribution in [0.2, 0.25) is 0 Å². The first-order valence-electron chi connectivity index (χ1n) is 7.65. The topological polar surface area (TPSA) is 41.5 Å². The summed E-state index contributed by atoms with van der Waals surface area (Å²) < 4.78 is 7.22. The third-order valence-electron chi connectivity index (χ3n) is 3.81. The van der Waals surface area contributed by atoms with Crippen molar-refractivity contribution in [3.8, 4) is 5.75 Å². The maximum Gasteiger partial charge on any atom is 0.127 e. The maximum absolute atomic E-state index is 10.00. The highest BCUT2D eigenvalue weighted by Gasteiger charge is 2.28. The van der Waals surface area contributed by atoms with E-state index in [1.165, 1.54) is 0 Å². The predicted octanol–water partition coefficient (Wildman–Crippen LogP) is 3.94. The van der Waals surface area contributed by atoms with E-state index in [1.54, 1.807) is 0 Å². The number of rotatable bonds is 4. The van der Waals surface area contributed by atoms with Crippen molar-refractivity contribution in [3.63, 3.8) is 0 Å². The van der Waals surface area contributed by atoms with Crippen LogP contribution in [-0.2, 0) is 6.54 Å². The molecule has 0 spiro atoms. The third-order valence-corrected chi connectivity index (χ3v) is 4.27. The lowest BCUT2D eigenvalue weighted by atomic mass is 10.1. The van der Waals surface area contributed by atoms with E-state index in [9.17, 15) is 5.11 Å². The van der Waals surface area contributed by atoms with E-state index < -0.39 is 0 Å². The Bertz CT molecular complexity index is 496. The van der Waals surface area contributed by atoms with Crippen molar-refractivity contribution in [3.05, 3.63) is 27.7 Å². The molecule has 0 aromatic heterocycles. The Morgan fingerprint density at radius 1 is 1.33 bits per heavy atom. The predicted molar refractivity (Wildman–Crippen MR) is 89.7 cm³/mol. The molecule has 2 rings (SSSR count). The van der Waals surface area contributed by atoms with Gasteiger partial charge in [-0.15, -0.1) is 0 Å². The van der Waals surface area contributed by atoms with Crippen molar-refractivity contribution in [2.24, 2.45) is 0 Å². The van der Waals surface area contributed by atoms with Gasteiger partial charge in [0.25, 0.3) is 0 Å². The van der Waals surface area contributed by atoms with E-state index in [2.05, 4.69) is 61.1 Å². The zero-order chi connectivity index (χ0) is 15.6. The zero-order valence-corrected chi connectivity index (χ0v) is 15.0. The monoisotopic (exact) mass is 355 g/mol. The van der Waals surface area contributed by atoms with Crippen LogP contribution in [0, 0.1) is 6.92 Å². The summed E-state index contributed by atoms with van der Waals surface area (Å²) >= 11 is 3.56. The van der Waals surface area contributed by atoms with Gasteiger partial charge in [-0.2, -0.15) is 0 Å². The molecule has 2 atom stereocenters. The minimum atomic E-state index is -0.337. The second kappa shape index (κ2) is 6.67. The number of ether oxygens (including phenoxy) is 1. The number of aryl methyl sites for hydroxylation is 1. The molecule has 3 nitrogen and oxygen atoms in total. The van der Waals surface area contributed by atoms with Crippen LogP contribution in [0.3, 0.4) is 0 Å². The Kier molecular flexibility index (Phi) is 5.33. The summed E-state index contributed by atoms with van der Waals surface area (Å²) in [5.41, 5.74) is 2.30.